The number of benzene rings is 4. The normalized spacial score (nSPS) is 12.7. The lowest BCUT2D eigenvalue weighted by Gasteiger charge is -2.26. The molecule has 0 radical (unpaired) electrons. The van der Waals surface area contributed by atoms with E-state index in [1.54, 1.807) is 66.9 Å². The van der Waals surface area contributed by atoms with Crippen molar-refractivity contribution in [3.8, 4) is 5.75 Å². The first-order chi connectivity index (χ1) is 29.6. The fourth-order valence-electron chi connectivity index (χ4n) is 6.96. The molecule has 6 aromatic rings. The Morgan fingerprint density at radius 1 is 0.603 bits per heavy atom. The summed E-state index contributed by atoms with van der Waals surface area (Å²) in [6, 6.07) is 27.1. The van der Waals surface area contributed by atoms with Crippen LogP contribution >= 0.6 is 0 Å². The van der Waals surface area contributed by atoms with Crippen LogP contribution in [0.25, 0.3) is 21.9 Å². The van der Waals surface area contributed by atoms with Gasteiger partial charge in [-0.2, -0.15) is 0 Å². The molecule has 2 N–H and O–H groups in total. The van der Waals surface area contributed by atoms with E-state index in [1.807, 2.05) is 88.4 Å². The standard InChI is InChI=1S/C26H31NO5.C25H28FNO4/c1-16(2)22(27-25(29)32-26(3,4)5)24-20(14-17-10-8-7-9-11-17)23(28)19-13-12-18(30-6)15-21(19)31-24;1-15(2)21(27-24(29)31-25(3,4)5)23-19(13-16-9-7-6-8-10-16)22(28)18-12-11-17(26)14-20(18)30-23/h7-13,15-16,22H,14H2,1-6H3,(H,27,29);6-12,14-15,21H,13H2,1-5H3,(H,27,29)/t22-;21-/m11/s1. The van der Waals surface area contributed by atoms with Gasteiger partial charge in [-0.1, -0.05) is 88.4 Å². The molecule has 0 aliphatic rings. The van der Waals surface area contributed by atoms with Gasteiger partial charge >= 0.3 is 12.2 Å². The molecule has 0 saturated heterocycles. The highest BCUT2D eigenvalue weighted by Gasteiger charge is 2.31. The van der Waals surface area contributed by atoms with E-state index in [-0.39, 0.29) is 28.3 Å². The average molecular weight is 863 g/mol. The van der Waals surface area contributed by atoms with Gasteiger partial charge in [-0.15, -0.1) is 0 Å². The Morgan fingerprint density at radius 3 is 1.38 bits per heavy atom. The number of nitrogens with one attached hydrogen (secondary N) is 2. The molecule has 2 aromatic heterocycles. The summed E-state index contributed by atoms with van der Waals surface area (Å²) < 4.78 is 42.4. The molecule has 0 saturated carbocycles. The summed E-state index contributed by atoms with van der Waals surface area (Å²) in [5.74, 6) is 0.662. The average Bonchev–Trinajstić information content (AvgIpc) is 3.20. The molecule has 0 fully saturated rings. The first kappa shape index (κ1) is 47.6. The predicted molar refractivity (Wildman–Crippen MR) is 244 cm³/mol. The number of rotatable bonds is 11. The van der Waals surface area contributed by atoms with Crippen LogP contribution in [-0.4, -0.2) is 30.5 Å². The van der Waals surface area contributed by atoms with Gasteiger partial charge in [0.2, 0.25) is 0 Å². The zero-order valence-corrected chi connectivity index (χ0v) is 38.0. The quantitative estimate of drug-likeness (QED) is 0.130. The summed E-state index contributed by atoms with van der Waals surface area (Å²) in [7, 11) is 1.56. The van der Waals surface area contributed by atoms with Crippen LogP contribution in [0.15, 0.2) is 115 Å². The topological polar surface area (TPSA) is 146 Å². The summed E-state index contributed by atoms with van der Waals surface area (Å²) in [4.78, 5) is 52.0. The third kappa shape index (κ3) is 12.8. The Kier molecular flexibility index (Phi) is 15.2. The fourth-order valence-corrected chi connectivity index (χ4v) is 6.96. The molecule has 2 heterocycles. The fraction of sp³-hybridized carbons (Fsp3) is 0.373. The van der Waals surface area contributed by atoms with Crippen molar-refractivity contribution in [3.63, 3.8) is 0 Å². The van der Waals surface area contributed by atoms with E-state index in [1.165, 1.54) is 18.2 Å². The van der Waals surface area contributed by atoms with E-state index < -0.39 is 41.3 Å². The van der Waals surface area contributed by atoms with E-state index in [4.69, 9.17) is 23.0 Å². The summed E-state index contributed by atoms with van der Waals surface area (Å²) >= 11 is 0. The van der Waals surface area contributed by atoms with E-state index in [0.717, 1.165) is 11.1 Å². The Morgan fingerprint density at radius 2 is 1.00 bits per heavy atom. The van der Waals surface area contributed by atoms with E-state index in [0.29, 0.717) is 57.6 Å². The third-order valence-corrected chi connectivity index (χ3v) is 9.89. The monoisotopic (exact) mass is 862 g/mol. The van der Waals surface area contributed by atoms with Crippen molar-refractivity contribution in [2.24, 2.45) is 11.8 Å². The molecule has 334 valence electrons. The molecule has 12 heteroatoms. The van der Waals surface area contributed by atoms with Crippen molar-refractivity contribution in [2.75, 3.05) is 7.11 Å². The number of fused-ring (bicyclic) bond motifs is 2. The van der Waals surface area contributed by atoms with E-state index >= 15 is 0 Å². The summed E-state index contributed by atoms with van der Waals surface area (Å²) in [6.45, 7) is 18.5. The molecule has 2 atom stereocenters. The molecule has 11 nitrogen and oxygen atoms in total. The summed E-state index contributed by atoms with van der Waals surface area (Å²) in [5.41, 5.74) is 1.74. The zero-order valence-electron chi connectivity index (χ0n) is 38.0. The number of alkyl carbamates (subject to hydrolysis) is 2. The van der Waals surface area contributed by atoms with E-state index in [9.17, 15) is 23.6 Å². The lowest BCUT2D eigenvalue weighted by molar-refractivity contribution is 0.0470. The SMILES string of the molecule is CC(C)[C@@H](NC(=O)OC(C)(C)C)c1oc2cc(F)ccc2c(=O)c1Cc1ccccc1.COc1ccc2c(=O)c(Cc3ccccc3)c([C@H](NC(=O)OC(C)(C)C)C(C)C)oc2c1. The number of carbonyl (C=O) groups excluding carboxylic acids is 2. The van der Waals surface area contributed by atoms with Crippen LogP contribution in [0.2, 0.25) is 0 Å². The van der Waals surface area contributed by atoms with Crippen molar-refractivity contribution >= 4 is 34.1 Å². The first-order valence-electron chi connectivity index (χ1n) is 21.1. The van der Waals surface area contributed by atoms with Gasteiger partial charge in [0.25, 0.3) is 0 Å². The molecule has 0 aliphatic carbocycles. The maximum atomic E-state index is 13.9. The number of hydrogen-bond donors (Lipinski definition) is 2. The molecule has 6 rings (SSSR count). The van der Waals surface area contributed by atoms with Gasteiger partial charge in [0.1, 0.15) is 45.5 Å². The predicted octanol–water partition coefficient (Wildman–Crippen LogP) is 11.4. The molecule has 4 aromatic carbocycles. The largest absolute Gasteiger partial charge is 0.497 e. The van der Waals surface area contributed by atoms with Gasteiger partial charge in [-0.3, -0.25) is 9.59 Å². The highest BCUT2D eigenvalue weighted by molar-refractivity contribution is 5.80. The van der Waals surface area contributed by atoms with Crippen molar-refractivity contribution in [1.29, 1.82) is 0 Å². The number of halogens is 1. The van der Waals surface area contributed by atoms with Crippen LogP contribution in [0.5, 0.6) is 5.75 Å². The molecule has 0 spiro atoms. The van der Waals surface area contributed by atoms with Gasteiger partial charge in [-0.25, -0.2) is 14.0 Å². The van der Waals surface area contributed by atoms with Gasteiger partial charge < -0.3 is 33.7 Å². The van der Waals surface area contributed by atoms with Gasteiger partial charge in [-0.05, 0) is 88.8 Å². The summed E-state index contributed by atoms with van der Waals surface area (Å²) in [5, 5.41) is 6.52. The molecular weight excluding hydrogens is 804 g/mol. The Hall–Kier alpha value is -6.43. The number of hydrogen-bond acceptors (Lipinski definition) is 9. The molecule has 0 unspecified atom stereocenters. The van der Waals surface area contributed by atoms with Crippen LogP contribution in [-0.2, 0) is 22.3 Å². The number of amides is 2. The zero-order chi connectivity index (χ0) is 46.2. The van der Waals surface area contributed by atoms with Gasteiger partial charge in [0.15, 0.2) is 10.9 Å². The molecular formula is C51H59FN2O9. The minimum atomic E-state index is -0.675. The lowest BCUT2D eigenvalue weighted by atomic mass is 9.93. The molecule has 0 bridgehead atoms. The van der Waals surface area contributed by atoms with Crippen molar-refractivity contribution in [3.05, 3.63) is 157 Å². The molecule has 0 aliphatic heterocycles. The van der Waals surface area contributed by atoms with Crippen LogP contribution in [0.4, 0.5) is 14.0 Å². The lowest BCUT2D eigenvalue weighted by Crippen LogP contribution is -2.37. The van der Waals surface area contributed by atoms with Crippen LogP contribution in [0.3, 0.4) is 0 Å². The smallest absolute Gasteiger partial charge is 0.408 e. The van der Waals surface area contributed by atoms with E-state index in [2.05, 4.69) is 10.6 Å². The van der Waals surface area contributed by atoms with Crippen LogP contribution in [0, 0.1) is 17.7 Å². The van der Waals surface area contributed by atoms with Crippen molar-refractivity contribution in [1.82, 2.24) is 10.6 Å². The Balaban J connectivity index is 0.000000238. The Bertz CT molecular complexity index is 2640. The van der Waals surface area contributed by atoms with Crippen molar-refractivity contribution in [2.45, 2.75) is 105 Å². The second-order valence-corrected chi connectivity index (χ2v) is 18.1. The highest BCUT2D eigenvalue weighted by Crippen LogP contribution is 2.32. The second-order valence-electron chi connectivity index (χ2n) is 18.1. The summed E-state index contributed by atoms with van der Waals surface area (Å²) in [6.07, 6.45) is -0.459. The van der Waals surface area contributed by atoms with Crippen LogP contribution < -0.4 is 26.2 Å². The second kappa shape index (κ2) is 20.2. The number of methoxy groups -OCH3 is 1. The molecule has 63 heavy (non-hydrogen) atoms. The minimum absolute atomic E-state index is 0.0525. The van der Waals surface area contributed by atoms with Gasteiger partial charge in [0.05, 0.1) is 30.0 Å². The van der Waals surface area contributed by atoms with Crippen LogP contribution in [0.1, 0.15) is 115 Å². The number of ether oxygens (including phenoxy) is 3. The minimum Gasteiger partial charge on any atom is -0.497 e. The maximum Gasteiger partial charge on any atom is 0.408 e. The number of carbonyl (C=O) groups is 2. The third-order valence-electron chi connectivity index (χ3n) is 9.89. The van der Waals surface area contributed by atoms with Gasteiger partial charge in [0, 0.05) is 36.1 Å². The van der Waals surface area contributed by atoms with Crippen molar-refractivity contribution < 1.29 is 37.0 Å². The Labute approximate surface area is 367 Å². The first-order valence-corrected chi connectivity index (χ1v) is 21.1. The molecule has 2 amide bonds. The highest BCUT2D eigenvalue weighted by atomic mass is 19.1. The maximum absolute atomic E-state index is 13.9.